The molecule has 0 N–H and O–H groups in total. The lowest BCUT2D eigenvalue weighted by atomic mass is 10.4. The average Bonchev–Trinajstić information content (AvgIpc) is 2.15. The zero-order chi connectivity index (χ0) is 5.40. The Morgan fingerprint density at radius 1 is 1.75 bits per heavy atom. The van der Waals surface area contributed by atoms with Gasteiger partial charge >= 0.3 is 0 Å². The van der Waals surface area contributed by atoms with Crippen molar-refractivity contribution in [2.24, 2.45) is 4.99 Å². The Bertz CT molecular complexity index is 162. The molecule has 0 bridgehead atoms. The SMILES string of the molecule is [CH]1N=C2CC=CN2S1. The van der Waals surface area contributed by atoms with Crippen molar-refractivity contribution in [2.45, 2.75) is 6.42 Å². The van der Waals surface area contributed by atoms with Crippen LogP contribution in [0, 0.1) is 5.88 Å². The molecule has 2 rings (SSSR count). The molecule has 0 amide bonds. The van der Waals surface area contributed by atoms with E-state index in [9.17, 15) is 0 Å². The fourth-order valence-electron chi connectivity index (χ4n) is 0.771. The van der Waals surface area contributed by atoms with Crippen molar-refractivity contribution >= 4 is 17.8 Å². The van der Waals surface area contributed by atoms with E-state index in [1.54, 1.807) is 11.9 Å². The van der Waals surface area contributed by atoms with E-state index in [-0.39, 0.29) is 0 Å². The summed E-state index contributed by atoms with van der Waals surface area (Å²) in [6.45, 7) is 0. The minimum absolute atomic E-state index is 1.00. The predicted molar refractivity (Wildman–Crippen MR) is 34.9 cm³/mol. The van der Waals surface area contributed by atoms with Crippen molar-refractivity contribution in [2.75, 3.05) is 0 Å². The molecule has 2 aliphatic rings. The van der Waals surface area contributed by atoms with Crippen molar-refractivity contribution in [3.63, 3.8) is 0 Å². The monoisotopic (exact) mass is 125 g/mol. The van der Waals surface area contributed by atoms with Gasteiger partial charge in [-0.25, -0.2) is 0 Å². The molecular formula is C5H5N2S. The van der Waals surface area contributed by atoms with Gasteiger partial charge in [-0.2, -0.15) is 0 Å². The number of nitrogens with zero attached hydrogens (tertiary/aromatic N) is 2. The summed E-state index contributed by atoms with van der Waals surface area (Å²) in [5.41, 5.74) is 0. The standard InChI is InChI=1S/C5H5N2S/c1-2-5-6-4-8-7(5)3-1/h1,3-4H,2H2. The molecule has 41 valence electrons. The van der Waals surface area contributed by atoms with Gasteiger partial charge in [0.2, 0.25) is 0 Å². The van der Waals surface area contributed by atoms with E-state index >= 15 is 0 Å². The van der Waals surface area contributed by atoms with Gasteiger partial charge in [0.15, 0.2) is 5.88 Å². The summed E-state index contributed by atoms with van der Waals surface area (Å²) in [4.78, 5) is 4.12. The van der Waals surface area contributed by atoms with Crippen LogP contribution in [0.15, 0.2) is 17.3 Å². The molecule has 0 unspecified atom stereocenters. The lowest BCUT2D eigenvalue weighted by molar-refractivity contribution is 0.966. The van der Waals surface area contributed by atoms with Crippen LogP contribution in [-0.2, 0) is 0 Å². The third-order valence-electron chi connectivity index (χ3n) is 1.16. The first kappa shape index (κ1) is 4.44. The van der Waals surface area contributed by atoms with Crippen LogP contribution in [0.25, 0.3) is 0 Å². The van der Waals surface area contributed by atoms with E-state index in [2.05, 4.69) is 15.4 Å². The van der Waals surface area contributed by atoms with Crippen LogP contribution in [0.2, 0.25) is 0 Å². The average molecular weight is 125 g/mol. The van der Waals surface area contributed by atoms with Gasteiger partial charge in [0.05, 0.1) is 0 Å². The molecule has 1 radical (unpaired) electrons. The molecule has 0 saturated heterocycles. The third-order valence-corrected chi connectivity index (χ3v) is 1.92. The minimum Gasteiger partial charge on any atom is -0.277 e. The maximum Gasteiger partial charge on any atom is 0.150 e. The number of hydrogen-bond donors (Lipinski definition) is 0. The topological polar surface area (TPSA) is 15.6 Å². The number of aliphatic imine (C=N–C) groups is 1. The summed E-state index contributed by atoms with van der Waals surface area (Å²) in [7, 11) is 0. The number of hydrogen-bond acceptors (Lipinski definition) is 3. The van der Waals surface area contributed by atoms with Gasteiger partial charge < -0.3 is 0 Å². The van der Waals surface area contributed by atoms with E-state index in [0.29, 0.717) is 0 Å². The number of fused-ring (bicyclic) bond motifs is 1. The smallest absolute Gasteiger partial charge is 0.150 e. The largest absolute Gasteiger partial charge is 0.277 e. The van der Waals surface area contributed by atoms with Crippen molar-refractivity contribution < 1.29 is 0 Å². The van der Waals surface area contributed by atoms with Gasteiger partial charge in [-0.3, -0.25) is 9.30 Å². The van der Waals surface area contributed by atoms with Crippen molar-refractivity contribution in [3.05, 3.63) is 18.2 Å². The van der Waals surface area contributed by atoms with E-state index in [4.69, 9.17) is 0 Å². The van der Waals surface area contributed by atoms with Crippen molar-refractivity contribution in [1.82, 2.24) is 4.31 Å². The molecule has 0 saturated carbocycles. The Morgan fingerprint density at radius 2 is 2.75 bits per heavy atom. The van der Waals surface area contributed by atoms with Gasteiger partial charge in [0.1, 0.15) is 5.84 Å². The summed E-state index contributed by atoms with van der Waals surface area (Å²) < 4.78 is 2.07. The summed E-state index contributed by atoms with van der Waals surface area (Å²) in [5, 5.41) is 0. The van der Waals surface area contributed by atoms with E-state index in [0.717, 1.165) is 12.3 Å². The second-order valence-electron chi connectivity index (χ2n) is 1.67. The Morgan fingerprint density at radius 3 is 3.62 bits per heavy atom. The second-order valence-corrected chi connectivity index (χ2v) is 2.49. The van der Waals surface area contributed by atoms with Gasteiger partial charge in [-0.15, -0.1) is 0 Å². The molecular weight excluding hydrogens is 120 g/mol. The lowest BCUT2D eigenvalue weighted by Crippen LogP contribution is -2.06. The Hall–Kier alpha value is -0.440. The zero-order valence-electron chi connectivity index (χ0n) is 4.24. The highest BCUT2D eigenvalue weighted by Crippen LogP contribution is 2.28. The maximum absolute atomic E-state index is 4.12. The molecule has 0 aromatic heterocycles. The van der Waals surface area contributed by atoms with Crippen LogP contribution in [0.4, 0.5) is 0 Å². The molecule has 8 heavy (non-hydrogen) atoms. The molecule has 0 fully saturated rings. The normalized spacial score (nSPS) is 24.0. The molecule has 0 aromatic rings. The van der Waals surface area contributed by atoms with E-state index in [1.165, 1.54) is 0 Å². The molecule has 2 aliphatic heterocycles. The first-order valence-electron chi connectivity index (χ1n) is 2.48. The second kappa shape index (κ2) is 1.52. The summed E-state index contributed by atoms with van der Waals surface area (Å²) in [6, 6.07) is 0. The highest BCUT2D eigenvalue weighted by molar-refractivity contribution is 7.99. The molecule has 0 aliphatic carbocycles. The number of rotatable bonds is 0. The molecule has 2 heterocycles. The highest BCUT2D eigenvalue weighted by atomic mass is 32.2. The van der Waals surface area contributed by atoms with Crippen LogP contribution >= 0.6 is 11.9 Å². The van der Waals surface area contributed by atoms with Gasteiger partial charge in [0, 0.05) is 12.6 Å². The van der Waals surface area contributed by atoms with Gasteiger partial charge in [-0.1, -0.05) is 6.08 Å². The fourth-order valence-corrected chi connectivity index (χ4v) is 1.44. The Kier molecular flexibility index (Phi) is 0.842. The van der Waals surface area contributed by atoms with Crippen LogP contribution in [0.1, 0.15) is 6.42 Å². The predicted octanol–water partition coefficient (Wildman–Crippen LogP) is 1.39. The summed E-state index contributed by atoms with van der Waals surface area (Å²) in [5.74, 6) is 3.02. The zero-order valence-corrected chi connectivity index (χ0v) is 5.06. The van der Waals surface area contributed by atoms with Crippen LogP contribution in [-0.4, -0.2) is 10.1 Å². The first-order valence-corrected chi connectivity index (χ1v) is 3.31. The van der Waals surface area contributed by atoms with Gasteiger partial charge in [-0.05, 0) is 11.9 Å². The van der Waals surface area contributed by atoms with Crippen molar-refractivity contribution in [1.29, 1.82) is 0 Å². The van der Waals surface area contributed by atoms with Crippen LogP contribution in [0.3, 0.4) is 0 Å². The lowest BCUT2D eigenvalue weighted by Gasteiger charge is -2.03. The minimum atomic E-state index is 1.00. The maximum atomic E-state index is 4.12. The first-order chi connectivity index (χ1) is 3.97. The Balaban J connectivity index is 2.28. The van der Waals surface area contributed by atoms with Crippen molar-refractivity contribution in [3.8, 4) is 0 Å². The van der Waals surface area contributed by atoms with Crippen LogP contribution in [0.5, 0.6) is 0 Å². The van der Waals surface area contributed by atoms with E-state index in [1.807, 2.05) is 12.1 Å². The van der Waals surface area contributed by atoms with E-state index < -0.39 is 0 Å². The highest BCUT2D eigenvalue weighted by Gasteiger charge is 2.17. The fraction of sp³-hybridized carbons (Fsp3) is 0.200. The molecule has 0 atom stereocenters. The quantitative estimate of drug-likeness (QED) is 0.454. The molecule has 2 nitrogen and oxygen atoms in total. The summed E-state index contributed by atoms with van der Waals surface area (Å²) in [6.07, 6.45) is 5.16. The number of amidine groups is 1. The Labute approximate surface area is 52.4 Å². The molecule has 0 aromatic carbocycles. The van der Waals surface area contributed by atoms with Gasteiger partial charge in [0.25, 0.3) is 0 Å². The van der Waals surface area contributed by atoms with Crippen LogP contribution < -0.4 is 0 Å². The summed E-state index contributed by atoms with van der Waals surface area (Å²) >= 11 is 1.63. The molecule has 0 spiro atoms. The molecule has 3 heteroatoms. The third kappa shape index (κ3) is 0.478.